The van der Waals surface area contributed by atoms with Crippen LogP contribution in [0.25, 0.3) is 0 Å². The zero-order valence-electron chi connectivity index (χ0n) is 15.7. The Bertz CT molecular complexity index is 676. The molecule has 7 heteroatoms. The highest BCUT2D eigenvalue weighted by Gasteiger charge is 2.28. The van der Waals surface area contributed by atoms with Crippen LogP contribution in [0.5, 0.6) is 0 Å². The zero-order valence-corrected chi connectivity index (χ0v) is 15.7. The molecule has 0 unspecified atom stereocenters. The highest BCUT2D eigenvalue weighted by Crippen LogP contribution is 2.28. The molecule has 26 heavy (non-hydrogen) atoms. The van der Waals surface area contributed by atoms with E-state index in [0.29, 0.717) is 31.9 Å². The summed E-state index contributed by atoms with van der Waals surface area (Å²) >= 11 is 0. The Morgan fingerprint density at radius 2 is 2.12 bits per heavy atom. The van der Waals surface area contributed by atoms with Crippen molar-refractivity contribution in [2.45, 2.75) is 50.7 Å². The Balaban J connectivity index is 1.87. The van der Waals surface area contributed by atoms with Gasteiger partial charge in [-0.25, -0.2) is 4.98 Å². The average Bonchev–Trinajstić information content (AvgIpc) is 2.88. The molecule has 1 aliphatic heterocycles. The predicted octanol–water partition coefficient (Wildman–Crippen LogP) is 1.37. The lowest BCUT2D eigenvalue weighted by Crippen LogP contribution is -2.32. The van der Waals surface area contributed by atoms with Crippen molar-refractivity contribution in [3.63, 3.8) is 0 Å². The van der Waals surface area contributed by atoms with E-state index in [2.05, 4.69) is 11.9 Å². The molecule has 2 aliphatic rings. The van der Waals surface area contributed by atoms with Crippen LogP contribution in [0.2, 0.25) is 0 Å². The smallest absolute Gasteiger partial charge is 0.227 e. The molecular weight excluding hydrogens is 330 g/mol. The summed E-state index contributed by atoms with van der Waals surface area (Å²) in [5.41, 5.74) is 2.07. The molecule has 1 saturated carbocycles. The minimum atomic E-state index is -0.333. The van der Waals surface area contributed by atoms with Crippen LogP contribution in [0.4, 0.5) is 11.8 Å². The topological polar surface area (TPSA) is 81.6 Å². The third-order valence-electron chi connectivity index (χ3n) is 5.20. The summed E-state index contributed by atoms with van der Waals surface area (Å²) < 4.78 is 0. The van der Waals surface area contributed by atoms with Gasteiger partial charge in [0.2, 0.25) is 11.9 Å². The molecular formula is C19H29N5O2. The molecule has 0 aromatic carbocycles. The molecule has 1 amide bonds. The fraction of sp³-hybridized carbons (Fsp3) is 0.632. The fourth-order valence-corrected chi connectivity index (χ4v) is 3.69. The molecule has 0 bridgehead atoms. The summed E-state index contributed by atoms with van der Waals surface area (Å²) in [5, 5.41) is 13.6. The lowest BCUT2D eigenvalue weighted by atomic mass is 10.1. The zero-order chi connectivity index (χ0) is 18.7. The maximum absolute atomic E-state index is 12.2. The molecule has 2 atom stereocenters. The third-order valence-corrected chi connectivity index (χ3v) is 5.20. The van der Waals surface area contributed by atoms with Gasteiger partial charge in [-0.15, -0.1) is 6.58 Å². The Morgan fingerprint density at radius 3 is 2.77 bits per heavy atom. The molecule has 142 valence electrons. The monoisotopic (exact) mass is 359 g/mol. The number of aromatic nitrogens is 2. The van der Waals surface area contributed by atoms with Gasteiger partial charge in [0, 0.05) is 45.6 Å². The average molecular weight is 359 g/mol. The number of hydrogen-bond donors (Lipinski definition) is 2. The van der Waals surface area contributed by atoms with E-state index < -0.39 is 0 Å². The van der Waals surface area contributed by atoms with Gasteiger partial charge in [-0.1, -0.05) is 6.08 Å². The lowest BCUT2D eigenvalue weighted by molar-refractivity contribution is -0.130. The van der Waals surface area contributed by atoms with Gasteiger partial charge in [0.1, 0.15) is 5.82 Å². The van der Waals surface area contributed by atoms with Gasteiger partial charge < -0.3 is 20.2 Å². The van der Waals surface area contributed by atoms with Crippen LogP contribution < -0.4 is 10.2 Å². The molecule has 3 rings (SSSR count). The molecule has 1 aromatic rings. The first-order valence-electron chi connectivity index (χ1n) is 9.40. The number of fused-ring (bicyclic) bond motifs is 1. The lowest BCUT2D eigenvalue weighted by Gasteiger charge is -2.22. The number of aliphatic hydroxyl groups excluding tert-OH is 1. The van der Waals surface area contributed by atoms with Crippen LogP contribution in [0.3, 0.4) is 0 Å². The van der Waals surface area contributed by atoms with Gasteiger partial charge >= 0.3 is 0 Å². The fourth-order valence-electron chi connectivity index (χ4n) is 3.69. The van der Waals surface area contributed by atoms with Crippen molar-refractivity contribution in [2.24, 2.45) is 0 Å². The number of amides is 1. The maximum Gasteiger partial charge on any atom is 0.227 e. The first kappa shape index (κ1) is 18.6. The van der Waals surface area contributed by atoms with E-state index in [9.17, 15) is 9.90 Å². The van der Waals surface area contributed by atoms with Gasteiger partial charge in [0.15, 0.2) is 0 Å². The van der Waals surface area contributed by atoms with E-state index >= 15 is 0 Å². The summed E-state index contributed by atoms with van der Waals surface area (Å²) in [7, 11) is 3.85. The van der Waals surface area contributed by atoms with Gasteiger partial charge in [0.05, 0.1) is 17.8 Å². The summed E-state index contributed by atoms with van der Waals surface area (Å²) in [6.07, 6.45) is 5.91. The summed E-state index contributed by atoms with van der Waals surface area (Å²) in [6.45, 7) is 4.98. The van der Waals surface area contributed by atoms with Crippen LogP contribution in [0.1, 0.15) is 36.9 Å². The second-order valence-corrected chi connectivity index (χ2v) is 7.31. The van der Waals surface area contributed by atoms with Crippen LogP contribution in [0.15, 0.2) is 12.7 Å². The van der Waals surface area contributed by atoms with Gasteiger partial charge in [-0.3, -0.25) is 4.79 Å². The number of nitrogens with one attached hydrogen (secondary N) is 1. The number of hydrogen-bond acceptors (Lipinski definition) is 6. The van der Waals surface area contributed by atoms with Crippen molar-refractivity contribution in [1.82, 2.24) is 14.9 Å². The van der Waals surface area contributed by atoms with Crippen LogP contribution >= 0.6 is 0 Å². The summed E-state index contributed by atoms with van der Waals surface area (Å²) in [4.78, 5) is 25.4. The Kier molecular flexibility index (Phi) is 5.76. The highest BCUT2D eigenvalue weighted by atomic mass is 16.3. The third kappa shape index (κ3) is 3.98. The van der Waals surface area contributed by atoms with E-state index in [-0.39, 0.29) is 18.1 Å². The van der Waals surface area contributed by atoms with Gasteiger partial charge in [-0.2, -0.15) is 4.98 Å². The first-order valence-corrected chi connectivity index (χ1v) is 9.40. The van der Waals surface area contributed by atoms with Crippen molar-refractivity contribution in [1.29, 1.82) is 0 Å². The van der Waals surface area contributed by atoms with E-state index in [1.807, 2.05) is 23.9 Å². The molecule has 0 spiro atoms. The standard InChI is InChI=1S/C19H29N5O2/c1-4-6-17(26)24-11-9-13-14(10-12-24)21-19(23(2)3)22-18(13)20-15-7-5-8-16(15)25/h4,15-16,25H,1,5-12H2,2-3H3,(H,20,21,22)/t15-,16+/m0/s1. The molecule has 1 aliphatic carbocycles. The maximum atomic E-state index is 12.2. The van der Waals surface area contributed by atoms with E-state index in [1.165, 1.54) is 0 Å². The predicted molar refractivity (Wildman–Crippen MR) is 102 cm³/mol. The second kappa shape index (κ2) is 8.03. The van der Waals surface area contributed by atoms with Crippen molar-refractivity contribution in [3.05, 3.63) is 23.9 Å². The molecule has 0 radical (unpaired) electrons. The highest BCUT2D eigenvalue weighted by molar-refractivity contribution is 5.77. The number of aliphatic hydroxyl groups is 1. The Morgan fingerprint density at radius 1 is 1.35 bits per heavy atom. The summed E-state index contributed by atoms with van der Waals surface area (Å²) in [6, 6.07) is 0.0331. The van der Waals surface area contributed by atoms with E-state index in [1.54, 1.807) is 6.08 Å². The quantitative estimate of drug-likeness (QED) is 0.773. The first-order chi connectivity index (χ1) is 12.5. The van der Waals surface area contributed by atoms with Crippen molar-refractivity contribution in [3.8, 4) is 0 Å². The second-order valence-electron chi connectivity index (χ2n) is 7.31. The Labute approximate surface area is 155 Å². The summed E-state index contributed by atoms with van der Waals surface area (Å²) in [5.74, 6) is 1.57. The largest absolute Gasteiger partial charge is 0.391 e. The van der Waals surface area contributed by atoms with Gasteiger partial charge in [0.25, 0.3) is 0 Å². The number of carbonyl (C=O) groups excluding carboxylic acids is 1. The molecule has 1 aromatic heterocycles. The van der Waals surface area contributed by atoms with Crippen LogP contribution in [-0.2, 0) is 17.6 Å². The Hall–Kier alpha value is -2.15. The van der Waals surface area contributed by atoms with Crippen molar-refractivity contribution >= 4 is 17.7 Å². The normalized spacial score (nSPS) is 22.5. The number of anilines is 2. The molecule has 2 N–H and O–H groups in total. The molecule has 1 fully saturated rings. The van der Waals surface area contributed by atoms with Gasteiger partial charge in [-0.05, 0) is 25.7 Å². The van der Waals surface area contributed by atoms with Crippen LogP contribution in [-0.4, -0.2) is 65.2 Å². The molecule has 7 nitrogen and oxygen atoms in total. The number of rotatable bonds is 5. The molecule has 0 saturated heterocycles. The number of carbonyl (C=O) groups is 1. The number of nitrogens with zero attached hydrogens (tertiary/aromatic N) is 4. The minimum Gasteiger partial charge on any atom is -0.391 e. The van der Waals surface area contributed by atoms with Crippen molar-refractivity contribution < 1.29 is 9.90 Å². The van der Waals surface area contributed by atoms with E-state index in [4.69, 9.17) is 9.97 Å². The van der Waals surface area contributed by atoms with E-state index in [0.717, 1.165) is 42.8 Å². The SMILES string of the molecule is C=CCC(=O)N1CCc2nc(N(C)C)nc(N[C@H]3CCC[C@H]3O)c2CC1. The molecule has 2 heterocycles. The van der Waals surface area contributed by atoms with Crippen molar-refractivity contribution in [2.75, 3.05) is 37.4 Å². The minimum absolute atomic E-state index is 0.0331. The van der Waals surface area contributed by atoms with Crippen LogP contribution in [0, 0.1) is 0 Å².